The summed E-state index contributed by atoms with van der Waals surface area (Å²) in [5.74, 6) is 6.63. The van der Waals surface area contributed by atoms with Crippen molar-refractivity contribution in [2.75, 3.05) is 31.6 Å². The number of anilines is 2. The highest BCUT2D eigenvalue weighted by molar-refractivity contribution is 6.34. The number of nitrogens with zero attached hydrogens (tertiary/aromatic N) is 4. The van der Waals surface area contributed by atoms with Crippen molar-refractivity contribution in [3.63, 3.8) is 0 Å². The van der Waals surface area contributed by atoms with Crippen LogP contribution >= 0.6 is 11.6 Å². The number of piperidine rings is 1. The maximum absolute atomic E-state index is 12.2. The Morgan fingerprint density at radius 3 is 2.50 bits per heavy atom. The van der Waals surface area contributed by atoms with Crippen molar-refractivity contribution in [2.24, 2.45) is 16.8 Å². The van der Waals surface area contributed by atoms with Gasteiger partial charge >= 0.3 is 0 Å². The summed E-state index contributed by atoms with van der Waals surface area (Å²) in [4.78, 5) is 27.3. The first-order chi connectivity index (χ1) is 19.6. The van der Waals surface area contributed by atoms with Crippen LogP contribution in [0.25, 0.3) is 0 Å². The second kappa shape index (κ2) is 11.7. The SMILES string of the molecule is C#CC1CCC(CN2CCC(c3ccc4c(n3)N(c3cccc(Cl)c3C=O)C(=NC)C43CCCCC3)CC2)CC1. The molecule has 1 spiro atoms. The van der Waals surface area contributed by atoms with Crippen molar-refractivity contribution in [3.05, 3.63) is 52.2 Å². The molecule has 0 bridgehead atoms. The zero-order chi connectivity index (χ0) is 27.7. The number of halogens is 1. The molecule has 0 unspecified atom stereocenters. The Hall–Kier alpha value is -2.68. The third-order valence-electron chi connectivity index (χ3n) is 10.2. The van der Waals surface area contributed by atoms with Gasteiger partial charge < -0.3 is 4.90 Å². The van der Waals surface area contributed by atoms with Crippen LogP contribution in [0.1, 0.15) is 98.2 Å². The number of aldehydes is 1. The van der Waals surface area contributed by atoms with E-state index in [4.69, 9.17) is 28.0 Å². The molecule has 3 heterocycles. The second-order valence-electron chi connectivity index (χ2n) is 12.4. The van der Waals surface area contributed by atoms with E-state index in [2.05, 4.69) is 27.9 Å². The van der Waals surface area contributed by atoms with Gasteiger partial charge in [0.05, 0.1) is 21.7 Å². The van der Waals surface area contributed by atoms with Crippen molar-refractivity contribution in [1.82, 2.24) is 9.88 Å². The van der Waals surface area contributed by atoms with E-state index in [1.165, 1.54) is 57.1 Å². The summed E-state index contributed by atoms with van der Waals surface area (Å²) in [5, 5.41) is 0.463. The van der Waals surface area contributed by atoms with Crippen LogP contribution in [-0.2, 0) is 5.41 Å². The smallest absolute Gasteiger partial charge is 0.153 e. The monoisotopic (exact) mass is 556 g/mol. The number of aromatic nitrogens is 1. The van der Waals surface area contributed by atoms with Crippen molar-refractivity contribution in [1.29, 1.82) is 0 Å². The topological polar surface area (TPSA) is 48.8 Å². The summed E-state index contributed by atoms with van der Waals surface area (Å²) in [7, 11) is 1.88. The van der Waals surface area contributed by atoms with E-state index in [1.807, 2.05) is 19.2 Å². The van der Waals surface area contributed by atoms with Gasteiger partial charge in [-0.25, -0.2) is 4.98 Å². The number of pyridine rings is 1. The molecule has 0 radical (unpaired) electrons. The lowest BCUT2D eigenvalue weighted by Crippen LogP contribution is -2.40. The number of terminal acetylenes is 1. The molecular weight excluding hydrogens is 516 g/mol. The number of amidine groups is 1. The first-order valence-corrected chi connectivity index (χ1v) is 15.7. The summed E-state index contributed by atoms with van der Waals surface area (Å²) < 4.78 is 0. The molecular formula is C34H41ClN4O. The molecule has 2 saturated carbocycles. The maximum Gasteiger partial charge on any atom is 0.153 e. The lowest BCUT2D eigenvalue weighted by molar-refractivity contribution is 0.112. The number of fused-ring (bicyclic) bond motifs is 2. The number of hydrogen-bond donors (Lipinski definition) is 0. The molecule has 210 valence electrons. The highest BCUT2D eigenvalue weighted by Gasteiger charge is 2.51. The zero-order valence-electron chi connectivity index (χ0n) is 23.7. The summed E-state index contributed by atoms with van der Waals surface area (Å²) >= 11 is 6.52. The summed E-state index contributed by atoms with van der Waals surface area (Å²) in [6, 6.07) is 10.3. The molecule has 40 heavy (non-hydrogen) atoms. The van der Waals surface area contributed by atoms with Crippen LogP contribution in [0.5, 0.6) is 0 Å². The molecule has 3 fully saturated rings. The molecule has 4 aliphatic rings. The minimum atomic E-state index is -0.155. The van der Waals surface area contributed by atoms with Gasteiger partial charge in [0.2, 0.25) is 0 Å². The third-order valence-corrected chi connectivity index (χ3v) is 10.5. The van der Waals surface area contributed by atoms with E-state index < -0.39 is 0 Å². The Balaban J connectivity index is 1.27. The number of carbonyl (C=O) groups excluding carboxylic acids is 1. The number of benzene rings is 1. The van der Waals surface area contributed by atoms with Crippen LogP contribution in [0.2, 0.25) is 5.02 Å². The minimum Gasteiger partial charge on any atom is -0.303 e. The van der Waals surface area contributed by atoms with Gasteiger partial charge in [0.25, 0.3) is 0 Å². The van der Waals surface area contributed by atoms with Crippen molar-refractivity contribution in [2.45, 2.75) is 82.0 Å². The fourth-order valence-corrected chi connectivity index (χ4v) is 8.20. The molecule has 2 aliphatic carbocycles. The van der Waals surface area contributed by atoms with Crippen molar-refractivity contribution < 1.29 is 4.79 Å². The fourth-order valence-electron chi connectivity index (χ4n) is 7.99. The van der Waals surface area contributed by atoms with E-state index in [0.29, 0.717) is 22.4 Å². The van der Waals surface area contributed by atoms with Crippen LogP contribution in [-0.4, -0.2) is 48.7 Å². The van der Waals surface area contributed by atoms with Crippen LogP contribution in [0.15, 0.2) is 35.3 Å². The van der Waals surface area contributed by atoms with Crippen LogP contribution in [0, 0.1) is 24.2 Å². The molecule has 1 aromatic heterocycles. The van der Waals surface area contributed by atoms with Gasteiger partial charge in [0.1, 0.15) is 11.7 Å². The average Bonchev–Trinajstić information content (AvgIpc) is 3.25. The molecule has 5 nitrogen and oxygen atoms in total. The summed E-state index contributed by atoms with van der Waals surface area (Å²) in [5.41, 5.74) is 3.55. The predicted molar refractivity (Wildman–Crippen MR) is 164 cm³/mol. The van der Waals surface area contributed by atoms with Gasteiger partial charge in [-0.1, -0.05) is 43.0 Å². The largest absolute Gasteiger partial charge is 0.303 e. The highest BCUT2D eigenvalue weighted by Crippen LogP contribution is 2.53. The van der Waals surface area contributed by atoms with E-state index in [0.717, 1.165) is 74.0 Å². The summed E-state index contributed by atoms with van der Waals surface area (Å²) in [6.07, 6.45) is 19.4. The lowest BCUT2D eigenvalue weighted by Gasteiger charge is -2.36. The molecule has 6 rings (SSSR count). The average molecular weight is 557 g/mol. The standard InChI is InChI=1S/C34H41ClN4O/c1-3-24-10-12-25(13-11-24)22-38-20-16-26(17-21-38)30-15-14-28-32(37-30)39(31-9-7-8-29(35)27(31)23-40)33(36-2)34(28)18-5-4-6-19-34/h1,7-9,14-15,23-26H,4-6,10-13,16-22H2,2H3. The van der Waals surface area contributed by atoms with Crippen molar-refractivity contribution >= 4 is 35.2 Å². The van der Waals surface area contributed by atoms with E-state index in [9.17, 15) is 4.79 Å². The number of hydrogen-bond acceptors (Lipinski definition) is 4. The lowest BCUT2D eigenvalue weighted by atomic mass is 9.70. The van der Waals surface area contributed by atoms with E-state index >= 15 is 0 Å². The Bertz CT molecular complexity index is 1310. The molecule has 6 heteroatoms. The summed E-state index contributed by atoms with van der Waals surface area (Å²) in [6.45, 7) is 3.45. The number of aliphatic imine (C=N–C) groups is 1. The van der Waals surface area contributed by atoms with E-state index in [1.54, 1.807) is 6.07 Å². The Morgan fingerprint density at radius 2 is 1.82 bits per heavy atom. The van der Waals surface area contributed by atoms with E-state index in [-0.39, 0.29) is 5.41 Å². The fraction of sp³-hybridized carbons (Fsp3) is 0.559. The molecule has 0 atom stereocenters. The van der Waals surface area contributed by atoms with Crippen molar-refractivity contribution in [3.8, 4) is 12.3 Å². The first kappa shape index (κ1) is 27.5. The first-order valence-electron chi connectivity index (χ1n) is 15.3. The van der Waals surface area contributed by atoms with Gasteiger partial charge in [-0.05, 0) is 88.6 Å². The van der Waals surface area contributed by atoms with Gasteiger partial charge in [-0.3, -0.25) is 14.7 Å². The maximum atomic E-state index is 12.2. The number of rotatable bonds is 5. The molecule has 1 aromatic carbocycles. The molecule has 0 N–H and O–H groups in total. The Kier molecular flexibility index (Phi) is 8.02. The zero-order valence-corrected chi connectivity index (χ0v) is 24.5. The molecule has 2 aliphatic heterocycles. The van der Waals surface area contributed by atoms with Gasteiger partial charge in [0, 0.05) is 36.7 Å². The molecule has 2 aromatic rings. The predicted octanol–water partition coefficient (Wildman–Crippen LogP) is 7.55. The normalized spacial score (nSPS) is 26.1. The van der Waals surface area contributed by atoms with Crippen LogP contribution in [0.4, 0.5) is 11.5 Å². The molecule has 0 amide bonds. The van der Waals surface area contributed by atoms with Gasteiger partial charge in [-0.2, -0.15) is 0 Å². The van der Waals surface area contributed by atoms with Crippen LogP contribution in [0.3, 0.4) is 0 Å². The highest BCUT2D eigenvalue weighted by atomic mass is 35.5. The van der Waals surface area contributed by atoms with Crippen LogP contribution < -0.4 is 4.90 Å². The molecule has 1 saturated heterocycles. The number of likely N-dealkylation sites (tertiary alicyclic amines) is 1. The van der Waals surface area contributed by atoms with Gasteiger partial charge in [0.15, 0.2) is 6.29 Å². The number of carbonyl (C=O) groups is 1. The quantitative estimate of drug-likeness (QED) is 0.282. The van der Waals surface area contributed by atoms with Gasteiger partial charge in [-0.15, -0.1) is 12.3 Å². The minimum absolute atomic E-state index is 0.155. The Labute approximate surface area is 244 Å². The Morgan fingerprint density at radius 1 is 1.07 bits per heavy atom. The second-order valence-corrected chi connectivity index (χ2v) is 12.8. The third kappa shape index (κ3) is 4.88.